The van der Waals surface area contributed by atoms with E-state index in [2.05, 4.69) is 47.6 Å². The predicted octanol–water partition coefficient (Wildman–Crippen LogP) is 8.06. The lowest BCUT2D eigenvalue weighted by molar-refractivity contribution is -0.208. The van der Waals surface area contributed by atoms with Gasteiger partial charge in [0.05, 0.1) is 16.9 Å². The number of carbonyl (C=O) groups excluding carboxylic acids is 1. The maximum absolute atomic E-state index is 15.1. The Labute approximate surface area is 257 Å². The number of ketones is 1. The Morgan fingerprint density at radius 2 is 1.58 bits per heavy atom. The zero-order valence-corrected chi connectivity index (χ0v) is 27.0. The first-order valence-corrected chi connectivity index (χ1v) is 16.8. The number of phenolic OH excluding ortho intramolecular Hbond substituents is 1. The topological polar surface area (TPSA) is 94.8 Å². The Morgan fingerprint density at radius 1 is 0.884 bits per heavy atom. The van der Waals surface area contributed by atoms with Gasteiger partial charge in [0, 0.05) is 0 Å². The summed E-state index contributed by atoms with van der Waals surface area (Å²) in [4.78, 5) is 28.3. The number of allylic oxidation sites excluding steroid dienone is 3. The van der Waals surface area contributed by atoms with Gasteiger partial charge in [0.25, 0.3) is 0 Å². The molecule has 5 nitrogen and oxygen atoms in total. The molecule has 5 heteroatoms. The maximum Gasteiger partial charge on any atom is 0.310 e. The van der Waals surface area contributed by atoms with Crippen molar-refractivity contribution in [2.45, 2.75) is 105 Å². The Balaban J connectivity index is 1.53. The number of phenols is 1. The van der Waals surface area contributed by atoms with Crippen LogP contribution in [-0.2, 0) is 9.59 Å². The maximum atomic E-state index is 15.1. The van der Waals surface area contributed by atoms with Crippen molar-refractivity contribution < 1.29 is 24.9 Å². The number of carboxylic acids is 1. The summed E-state index contributed by atoms with van der Waals surface area (Å²) in [6, 6.07) is 6.92. The molecule has 6 rings (SSSR count). The number of rotatable bonds is 4. The molecule has 4 fully saturated rings. The van der Waals surface area contributed by atoms with Crippen LogP contribution >= 0.6 is 0 Å². The molecule has 0 bridgehead atoms. The first-order valence-electron chi connectivity index (χ1n) is 16.8. The monoisotopic (exact) mass is 588 g/mol. The number of hydrogen-bond donors (Lipinski definition) is 3. The average Bonchev–Trinajstić information content (AvgIpc) is 2.96. The van der Waals surface area contributed by atoms with Crippen LogP contribution in [0.3, 0.4) is 0 Å². The summed E-state index contributed by atoms with van der Waals surface area (Å²) in [5, 5.41) is 31.7. The summed E-state index contributed by atoms with van der Waals surface area (Å²) < 4.78 is 0. The smallest absolute Gasteiger partial charge is 0.310 e. The Hall–Kier alpha value is -2.40. The summed E-state index contributed by atoms with van der Waals surface area (Å²) in [5.74, 6) is 0.682. The highest BCUT2D eigenvalue weighted by atomic mass is 16.4. The fourth-order valence-corrected chi connectivity index (χ4v) is 12.0. The number of hydrogen-bond acceptors (Lipinski definition) is 4. The minimum Gasteiger partial charge on any atom is -0.508 e. The molecule has 0 saturated heterocycles. The van der Waals surface area contributed by atoms with Gasteiger partial charge < -0.3 is 15.3 Å². The van der Waals surface area contributed by atoms with Gasteiger partial charge in [0.15, 0.2) is 5.78 Å². The molecule has 1 aromatic carbocycles. The first kappa shape index (κ1) is 30.6. The van der Waals surface area contributed by atoms with Crippen LogP contribution in [0.1, 0.15) is 105 Å². The average molecular weight is 589 g/mol. The third-order valence-corrected chi connectivity index (χ3v) is 14.6. The third kappa shape index (κ3) is 4.05. The first-order chi connectivity index (χ1) is 20.1. The van der Waals surface area contributed by atoms with Gasteiger partial charge in [0.1, 0.15) is 5.75 Å². The molecule has 1 aromatic rings. The quantitative estimate of drug-likeness (QED) is 0.244. The molecular weight excluding hydrogens is 536 g/mol. The van der Waals surface area contributed by atoms with Crippen molar-refractivity contribution in [3.8, 4) is 5.75 Å². The highest BCUT2D eigenvalue weighted by Gasteiger charge is 2.72. The molecule has 0 amide bonds. The van der Waals surface area contributed by atoms with E-state index in [0.29, 0.717) is 31.1 Å². The van der Waals surface area contributed by atoms with E-state index in [1.807, 2.05) is 18.2 Å². The highest BCUT2D eigenvalue weighted by Crippen LogP contribution is 2.76. The lowest BCUT2D eigenvalue weighted by Gasteiger charge is -2.71. The Bertz CT molecular complexity index is 1360. The van der Waals surface area contributed by atoms with E-state index in [1.165, 1.54) is 0 Å². The molecule has 5 aliphatic carbocycles. The van der Waals surface area contributed by atoms with Crippen LogP contribution in [0, 0.1) is 56.7 Å². The summed E-state index contributed by atoms with van der Waals surface area (Å²) in [7, 11) is 0. The van der Waals surface area contributed by atoms with Crippen molar-refractivity contribution in [2.75, 3.05) is 0 Å². The molecule has 234 valence electrons. The van der Waals surface area contributed by atoms with Crippen molar-refractivity contribution >= 4 is 17.8 Å². The van der Waals surface area contributed by atoms with Crippen LogP contribution in [0.15, 0.2) is 42.0 Å². The van der Waals surface area contributed by atoms with E-state index in [1.54, 1.807) is 18.2 Å². The standard InChI is InChI=1S/C38H52O5/c1-23-15-20-37(33(42)43)21-22-38(31(41)14-9-25-7-10-26(39)11-8-25)27(32(37)24(23)2)12-13-29-35(5)18-17-30(40)34(3,4)28(35)16-19-36(29,38)6/h7-12,14,23-24,28-30,32,39-40H,13,15-22H2,1-6H3,(H,42,43)/b14-9+/t23-,24+,28+,29-,30+,32+,35+,36-,37+,38-/m1/s1. The zero-order chi connectivity index (χ0) is 31.2. The molecule has 10 atom stereocenters. The van der Waals surface area contributed by atoms with Crippen LogP contribution < -0.4 is 0 Å². The Kier molecular flexibility index (Phi) is 7.16. The molecule has 0 aromatic heterocycles. The van der Waals surface area contributed by atoms with Gasteiger partial charge in [-0.1, -0.05) is 71.4 Å². The number of fused-ring (bicyclic) bond motifs is 7. The molecule has 4 saturated carbocycles. The van der Waals surface area contributed by atoms with Gasteiger partial charge >= 0.3 is 5.97 Å². The van der Waals surface area contributed by atoms with Crippen molar-refractivity contribution in [1.29, 1.82) is 0 Å². The summed E-state index contributed by atoms with van der Waals surface area (Å²) in [6.45, 7) is 13.8. The van der Waals surface area contributed by atoms with Gasteiger partial charge in [-0.15, -0.1) is 0 Å². The molecule has 3 N–H and O–H groups in total. The largest absolute Gasteiger partial charge is 0.508 e. The van der Waals surface area contributed by atoms with Crippen LogP contribution in [-0.4, -0.2) is 33.2 Å². The second kappa shape index (κ2) is 10.1. The zero-order valence-electron chi connectivity index (χ0n) is 27.0. The van der Waals surface area contributed by atoms with Crippen LogP contribution in [0.4, 0.5) is 0 Å². The van der Waals surface area contributed by atoms with Crippen molar-refractivity contribution in [3.63, 3.8) is 0 Å². The predicted molar refractivity (Wildman–Crippen MR) is 169 cm³/mol. The second-order valence-electron chi connectivity index (χ2n) is 16.3. The van der Waals surface area contributed by atoms with Crippen molar-refractivity contribution in [3.05, 3.63) is 47.6 Å². The molecular formula is C38H52O5. The molecule has 43 heavy (non-hydrogen) atoms. The second-order valence-corrected chi connectivity index (χ2v) is 16.3. The lowest BCUT2D eigenvalue weighted by Crippen LogP contribution is -2.67. The van der Waals surface area contributed by atoms with Gasteiger partial charge in [0.2, 0.25) is 0 Å². The van der Waals surface area contributed by atoms with Gasteiger partial charge in [-0.3, -0.25) is 9.59 Å². The third-order valence-electron chi connectivity index (χ3n) is 14.6. The van der Waals surface area contributed by atoms with E-state index in [4.69, 9.17) is 0 Å². The van der Waals surface area contributed by atoms with E-state index in [9.17, 15) is 20.1 Å². The normalized spacial score (nSPS) is 45.2. The number of carbonyl (C=O) groups is 2. The van der Waals surface area contributed by atoms with E-state index >= 15 is 4.79 Å². The van der Waals surface area contributed by atoms with Crippen LogP contribution in [0.5, 0.6) is 5.75 Å². The number of aliphatic hydroxyl groups excluding tert-OH is 1. The molecule has 0 unspecified atom stereocenters. The molecule has 0 heterocycles. The van der Waals surface area contributed by atoms with Crippen molar-refractivity contribution in [1.82, 2.24) is 0 Å². The van der Waals surface area contributed by atoms with Crippen LogP contribution in [0.25, 0.3) is 6.08 Å². The van der Waals surface area contributed by atoms with E-state index < -0.39 is 16.8 Å². The highest BCUT2D eigenvalue weighted by molar-refractivity contribution is 6.01. The van der Waals surface area contributed by atoms with Crippen LogP contribution in [0.2, 0.25) is 0 Å². The van der Waals surface area contributed by atoms with E-state index in [-0.39, 0.29) is 51.6 Å². The minimum absolute atomic E-state index is 0.0154. The van der Waals surface area contributed by atoms with Crippen molar-refractivity contribution in [2.24, 2.45) is 56.7 Å². The molecule has 0 spiro atoms. The van der Waals surface area contributed by atoms with Gasteiger partial charge in [-0.05, 0) is 127 Å². The Morgan fingerprint density at radius 3 is 2.26 bits per heavy atom. The lowest BCUT2D eigenvalue weighted by atomic mass is 9.32. The fraction of sp³-hybridized carbons (Fsp3) is 0.684. The number of aliphatic hydroxyl groups is 1. The fourth-order valence-electron chi connectivity index (χ4n) is 12.0. The number of carboxylic acid groups (broad SMARTS) is 1. The minimum atomic E-state index is -0.816. The number of benzene rings is 1. The summed E-state index contributed by atoms with van der Waals surface area (Å²) in [6.07, 6.45) is 12.9. The number of aliphatic carboxylic acids is 1. The summed E-state index contributed by atoms with van der Waals surface area (Å²) >= 11 is 0. The summed E-state index contributed by atoms with van der Waals surface area (Å²) in [5.41, 5.74) is -0.112. The van der Waals surface area contributed by atoms with Gasteiger partial charge in [-0.2, -0.15) is 0 Å². The van der Waals surface area contributed by atoms with Gasteiger partial charge in [-0.25, -0.2) is 0 Å². The molecule has 5 aliphatic rings. The molecule has 0 aliphatic heterocycles. The number of aromatic hydroxyl groups is 1. The molecule has 0 radical (unpaired) electrons. The van der Waals surface area contributed by atoms with E-state index in [0.717, 1.165) is 49.7 Å². The SMILES string of the molecule is C[C@H]1[C@H](C)CC[C@]2(C(=O)O)CC[C@]3(C(=O)/C=C/c4ccc(O)cc4)C(=CC[C@@H]4[C@@]5(C)CC[C@H](O)C(C)(C)[C@@H]5CC[C@]43C)[C@H]12.